The molecule has 0 radical (unpaired) electrons. The highest BCUT2D eigenvalue weighted by atomic mass is 35.5. The molecule has 0 aliphatic carbocycles. The van der Waals surface area contributed by atoms with Crippen LogP contribution in [0.15, 0.2) is 53.6 Å². The molecule has 1 amide bonds. The number of rotatable bonds is 4. The number of halogens is 1. The Kier molecular flexibility index (Phi) is 5.74. The molecule has 0 unspecified atom stereocenters. The molecule has 0 aromatic heterocycles. The molecular weight excluding hydrogens is 388 g/mol. The van der Waals surface area contributed by atoms with Crippen LogP contribution in [0, 0.1) is 5.92 Å². The van der Waals surface area contributed by atoms with E-state index >= 15 is 0 Å². The molecule has 2 aromatic carbocycles. The van der Waals surface area contributed by atoms with Gasteiger partial charge in [0.25, 0.3) is 5.91 Å². The third-order valence-electron chi connectivity index (χ3n) is 5.57. The summed E-state index contributed by atoms with van der Waals surface area (Å²) in [7, 11) is 0. The zero-order chi connectivity index (χ0) is 20.4. The lowest BCUT2D eigenvalue weighted by atomic mass is 9.91. The number of hydrazine groups is 1. The predicted molar refractivity (Wildman–Crippen MR) is 115 cm³/mol. The van der Waals surface area contributed by atoms with Crippen molar-refractivity contribution < 1.29 is 9.90 Å². The Morgan fingerprint density at radius 1 is 1.10 bits per heavy atom. The van der Waals surface area contributed by atoms with E-state index in [9.17, 15) is 9.90 Å². The fraction of sp³-hybridized carbons (Fsp3) is 0.364. The molecule has 29 heavy (non-hydrogen) atoms. The van der Waals surface area contributed by atoms with Crippen molar-refractivity contribution in [2.24, 2.45) is 11.0 Å². The molecule has 2 N–H and O–H groups in total. The first-order valence-corrected chi connectivity index (χ1v) is 10.4. The number of nitrogens with zero attached hydrogens (tertiary/aromatic N) is 3. The third kappa shape index (κ3) is 4.09. The van der Waals surface area contributed by atoms with Crippen molar-refractivity contribution in [1.82, 2.24) is 10.4 Å². The summed E-state index contributed by atoms with van der Waals surface area (Å²) in [6.07, 6.45) is 3.38. The van der Waals surface area contributed by atoms with E-state index in [4.69, 9.17) is 16.7 Å². The van der Waals surface area contributed by atoms with Gasteiger partial charge in [-0.2, -0.15) is 5.10 Å². The van der Waals surface area contributed by atoms with Crippen LogP contribution in [0.25, 0.3) is 0 Å². The minimum atomic E-state index is -0.197. The molecule has 1 saturated heterocycles. The maximum absolute atomic E-state index is 13.0. The minimum absolute atomic E-state index is 0.152. The molecule has 2 atom stereocenters. The van der Waals surface area contributed by atoms with Gasteiger partial charge < -0.3 is 5.11 Å². The summed E-state index contributed by atoms with van der Waals surface area (Å²) in [5, 5.41) is 18.8. The first-order chi connectivity index (χ1) is 14.0. The number of aromatic hydroxyl groups is 1. The first-order valence-electron chi connectivity index (χ1n) is 10.0. The van der Waals surface area contributed by atoms with E-state index in [1.807, 2.05) is 53.3 Å². The molecule has 2 aromatic rings. The number of amides is 1. The Bertz CT molecular complexity index is 909. The number of carbonyl (C=O) groups is 1. The minimum Gasteiger partial charge on any atom is -0.508 e. The van der Waals surface area contributed by atoms with Gasteiger partial charge >= 0.3 is 0 Å². The Hall–Kier alpha value is -2.57. The van der Waals surface area contributed by atoms with Gasteiger partial charge in [0.2, 0.25) is 0 Å². The van der Waals surface area contributed by atoms with Crippen LogP contribution in [-0.4, -0.2) is 34.8 Å². The summed E-state index contributed by atoms with van der Waals surface area (Å²) < 4.78 is 0. The lowest BCUT2D eigenvalue weighted by Gasteiger charge is -2.28. The van der Waals surface area contributed by atoms with Gasteiger partial charge in [0.05, 0.1) is 16.8 Å². The highest BCUT2D eigenvalue weighted by Crippen LogP contribution is 2.41. The van der Waals surface area contributed by atoms with E-state index in [1.165, 1.54) is 6.42 Å². The number of benzene rings is 2. The van der Waals surface area contributed by atoms with Gasteiger partial charge in [0.1, 0.15) is 11.5 Å². The van der Waals surface area contributed by atoms with E-state index < -0.39 is 0 Å². The smallest absolute Gasteiger partial charge is 0.282 e. The largest absolute Gasteiger partial charge is 0.508 e. The van der Waals surface area contributed by atoms with Crippen LogP contribution in [0.3, 0.4) is 0 Å². The second-order valence-corrected chi connectivity index (χ2v) is 8.00. The van der Waals surface area contributed by atoms with Crippen LogP contribution < -0.4 is 10.4 Å². The average molecular weight is 413 g/mol. The van der Waals surface area contributed by atoms with Gasteiger partial charge in [-0.15, -0.1) is 0 Å². The number of nitrogens with one attached hydrogen (secondary N) is 1. The summed E-state index contributed by atoms with van der Waals surface area (Å²) in [5.41, 5.74) is 5.21. The van der Waals surface area contributed by atoms with Crippen molar-refractivity contribution >= 4 is 28.9 Å². The van der Waals surface area contributed by atoms with Crippen LogP contribution >= 0.6 is 11.6 Å². The van der Waals surface area contributed by atoms with Crippen LogP contribution in [0.4, 0.5) is 5.69 Å². The number of carbonyl (C=O) groups excluding carboxylic acids is 1. The maximum Gasteiger partial charge on any atom is 0.282 e. The standard InChI is InChI=1S/C22H25ClN4O2/c1-15-20(22(29)25-26-13-5-2-6-14-26)24-27(19-8-4-3-7-18(19)23)21(15)16-9-11-17(28)12-10-16/h3-4,7-12,15,21,28H,2,5-6,13-14H2,1H3,(H,25,29)/t15-,21-/m1/s1. The average Bonchev–Trinajstić information content (AvgIpc) is 3.07. The Balaban J connectivity index is 1.66. The quantitative estimate of drug-likeness (QED) is 0.792. The Morgan fingerprint density at radius 2 is 1.79 bits per heavy atom. The fourth-order valence-corrected chi connectivity index (χ4v) is 4.25. The molecule has 7 heteroatoms. The van der Waals surface area contributed by atoms with E-state index in [0.29, 0.717) is 10.7 Å². The highest BCUT2D eigenvalue weighted by molar-refractivity contribution is 6.40. The SMILES string of the molecule is C[C@@H]1C(C(=O)NN2CCCCC2)=NN(c2ccccc2Cl)[C@H]1c1ccc(O)cc1. The summed E-state index contributed by atoms with van der Waals surface area (Å²) in [4.78, 5) is 13.0. The number of hydrogen-bond acceptors (Lipinski definition) is 5. The summed E-state index contributed by atoms with van der Waals surface area (Å²) >= 11 is 6.45. The van der Waals surface area contributed by atoms with Crippen LogP contribution in [0.1, 0.15) is 37.8 Å². The molecule has 2 aliphatic heterocycles. The highest BCUT2D eigenvalue weighted by Gasteiger charge is 2.40. The van der Waals surface area contributed by atoms with Crippen molar-refractivity contribution in [2.45, 2.75) is 32.2 Å². The lowest BCUT2D eigenvalue weighted by Crippen LogP contribution is -2.48. The zero-order valence-corrected chi connectivity index (χ0v) is 17.1. The number of piperidine rings is 1. The monoisotopic (exact) mass is 412 g/mol. The van der Waals surface area contributed by atoms with Crippen molar-refractivity contribution in [3.63, 3.8) is 0 Å². The van der Waals surface area contributed by atoms with Crippen molar-refractivity contribution in [3.8, 4) is 5.75 Å². The summed E-state index contributed by atoms with van der Waals surface area (Å²) in [6, 6.07) is 14.3. The van der Waals surface area contributed by atoms with Crippen molar-refractivity contribution in [3.05, 3.63) is 59.1 Å². The van der Waals surface area contributed by atoms with E-state index in [-0.39, 0.29) is 23.6 Å². The topological polar surface area (TPSA) is 68.2 Å². The molecule has 0 bridgehead atoms. The summed E-state index contributed by atoms with van der Waals surface area (Å²) in [6.45, 7) is 3.73. The molecule has 2 aliphatic rings. The van der Waals surface area contributed by atoms with Crippen molar-refractivity contribution in [2.75, 3.05) is 18.1 Å². The zero-order valence-electron chi connectivity index (χ0n) is 16.4. The molecule has 152 valence electrons. The van der Waals surface area contributed by atoms with Gasteiger partial charge in [-0.3, -0.25) is 15.2 Å². The van der Waals surface area contributed by atoms with Gasteiger partial charge in [-0.1, -0.05) is 49.2 Å². The van der Waals surface area contributed by atoms with E-state index in [0.717, 1.165) is 37.2 Å². The van der Waals surface area contributed by atoms with Gasteiger partial charge in [0.15, 0.2) is 0 Å². The van der Waals surface area contributed by atoms with Crippen LogP contribution in [-0.2, 0) is 4.79 Å². The number of hydrogen-bond donors (Lipinski definition) is 2. The molecular formula is C22H25ClN4O2. The van der Waals surface area contributed by atoms with Gasteiger partial charge in [0, 0.05) is 19.0 Å². The van der Waals surface area contributed by atoms with Gasteiger partial charge in [-0.05, 0) is 42.7 Å². The molecule has 2 heterocycles. The first kappa shape index (κ1) is 19.7. The second kappa shape index (κ2) is 8.43. The number of phenols is 1. The molecule has 1 fully saturated rings. The van der Waals surface area contributed by atoms with Gasteiger partial charge in [-0.25, -0.2) is 5.01 Å². The predicted octanol–water partition coefficient (Wildman–Crippen LogP) is 4.12. The normalized spacial score (nSPS) is 22.4. The number of hydrazone groups is 1. The molecule has 0 spiro atoms. The van der Waals surface area contributed by atoms with E-state index in [1.54, 1.807) is 12.1 Å². The summed E-state index contributed by atoms with van der Waals surface area (Å²) in [5.74, 6) is -0.119. The molecule has 6 nitrogen and oxygen atoms in total. The number of para-hydroxylation sites is 1. The third-order valence-corrected chi connectivity index (χ3v) is 5.89. The van der Waals surface area contributed by atoms with Crippen molar-refractivity contribution in [1.29, 1.82) is 0 Å². The molecule has 4 rings (SSSR count). The number of anilines is 1. The van der Waals surface area contributed by atoms with Crippen LogP contribution in [0.5, 0.6) is 5.75 Å². The number of phenolic OH excluding ortho intramolecular Hbond substituents is 1. The molecule has 0 saturated carbocycles. The Morgan fingerprint density at radius 3 is 2.48 bits per heavy atom. The van der Waals surface area contributed by atoms with E-state index in [2.05, 4.69) is 5.43 Å². The maximum atomic E-state index is 13.0. The van der Waals surface area contributed by atoms with Crippen LogP contribution in [0.2, 0.25) is 5.02 Å². The lowest BCUT2D eigenvalue weighted by molar-refractivity contribution is -0.120. The Labute approximate surface area is 175 Å². The second-order valence-electron chi connectivity index (χ2n) is 7.59. The fourth-order valence-electron chi connectivity index (χ4n) is 4.03.